The van der Waals surface area contributed by atoms with Crippen molar-refractivity contribution in [3.05, 3.63) is 52.5 Å². The van der Waals surface area contributed by atoms with Crippen molar-refractivity contribution in [3.63, 3.8) is 0 Å². The second kappa shape index (κ2) is 6.28. The van der Waals surface area contributed by atoms with Crippen molar-refractivity contribution in [1.29, 1.82) is 0 Å². The molecule has 0 saturated carbocycles. The normalized spacial score (nSPS) is 10.4. The van der Waals surface area contributed by atoms with Crippen LogP contribution in [0.4, 0.5) is 0 Å². The van der Waals surface area contributed by atoms with Crippen LogP contribution in [0.1, 0.15) is 12.5 Å². The molecule has 0 unspecified atom stereocenters. The van der Waals surface area contributed by atoms with Gasteiger partial charge in [0.25, 0.3) is 0 Å². The highest BCUT2D eigenvalue weighted by molar-refractivity contribution is 9.10. The van der Waals surface area contributed by atoms with Gasteiger partial charge >= 0.3 is 5.97 Å². The van der Waals surface area contributed by atoms with E-state index in [1.165, 1.54) is 6.92 Å². The summed E-state index contributed by atoms with van der Waals surface area (Å²) in [5, 5.41) is 0. The van der Waals surface area contributed by atoms with E-state index in [0.717, 1.165) is 15.6 Å². The van der Waals surface area contributed by atoms with E-state index in [9.17, 15) is 4.79 Å². The summed E-state index contributed by atoms with van der Waals surface area (Å²) in [6, 6.07) is 7.91. The van der Waals surface area contributed by atoms with E-state index in [1.807, 2.05) is 36.4 Å². The Balaban J connectivity index is 2.50. The lowest BCUT2D eigenvalue weighted by atomic mass is 10.2. The van der Waals surface area contributed by atoms with Gasteiger partial charge in [-0.05, 0) is 23.3 Å². The molecule has 0 aliphatic heterocycles. The monoisotopic (exact) mass is 280 g/mol. The van der Waals surface area contributed by atoms with Crippen LogP contribution in [0.2, 0.25) is 0 Å². The first-order valence-electron chi connectivity index (χ1n) is 4.83. The maximum absolute atomic E-state index is 10.6. The maximum atomic E-state index is 10.6. The number of carbonyl (C=O) groups is 1. The predicted octanol–water partition coefficient (Wildman–Crippen LogP) is 3.58. The van der Waals surface area contributed by atoms with Crippen molar-refractivity contribution in [1.82, 2.24) is 0 Å². The molecule has 2 nitrogen and oxygen atoms in total. The number of ether oxygens (including phenoxy) is 1. The van der Waals surface area contributed by atoms with Crippen LogP contribution in [-0.2, 0) is 9.53 Å². The van der Waals surface area contributed by atoms with E-state index in [2.05, 4.69) is 22.5 Å². The molecule has 0 N–H and O–H groups in total. The molecule has 0 heterocycles. The quantitative estimate of drug-likeness (QED) is 0.623. The largest absolute Gasteiger partial charge is 0.461 e. The van der Waals surface area contributed by atoms with Crippen LogP contribution in [0.15, 0.2) is 47.0 Å². The molecule has 0 aromatic heterocycles. The van der Waals surface area contributed by atoms with Gasteiger partial charge in [-0.3, -0.25) is 4.79 Å². The Bertz CT molecular complexity index is 404. The Morgan fingerprint density at radius 2 is 2.06 bits per heavy atom. The molecule has 0 radical (unpaired) electrons. The molecular weight excluding hydrogens is 268 g/mol. The molecule has 1 aromatic rings. The molecule has 1 aromatic carbocycles. The van der Waals surface area contributed by atoms with Crippen molar-refractivity contribution >= 4 is 28.0 Å². The molecule has 84 valence electrons. The summed E-state index contributed by atoms with van der Waals surface area (Å²) in [4.78, 5) is 10.6. The van der Waals surface area contributed by atoms with Crippen LogP contribution < -0.4 is 0 Å². The van der Waals surface area contributed by atoms with Gasteiger partial charge in [-0.1, -0.05) is 46.8 Å². The zero-order valence-corrected chi connectivity index (χ0v) is 10.7. The van der Waals surface area contributed by atoms with Gasteiger partial charge in [0.05, 0.1) is 0 Å². The number of esters is 1. The lowest BCUT2D eigenvalue weighted by Crippen LogP contribution is -2.00. The average Bonchev–Trinajstić information content (AvgIpc) is 2.25. The van der Waals surface area contributed by atoms with Crippen LogP contribution in [0.5, 0.6) is 0 Å². The third kappa shape index (κ3) is 4.94. The summed E-state index contributed by atoms with van der Waals surface area (Å²) in [5.41, 5.74) is 1.84. The highest BCUT2D eigenvalue weighted by atomic mass is 79.9. The Kier molecular flexibility index (Phi) is 4.99. The number of hydrogen-bond donors (Lipinski definition) is 0. The van der Waals surface area contributed by atoms with Crippen molar-refractivity contribution in [2.45, 2.75) is 6.92 Å². The highest BCUT2D eigenvalue weighted by Gasteiger charge is 1.94. The fourth-order valence-electron chi connectivity index (χ4n) is 1.03. The predicted molar refractivity (Wildman–Crippen MR) is 68.9 cm³/mol. The molecule has 0 saturated heterocycles. The zero-order valence-electron chi connectivity index (χ0n) is 9.07. The van der Waals surface area contributed by atoms with Crippen LogP contribution in [-0.4, -0.2) is 12.6 Å². The minimum Gasteiger partial charge on any atom is -0.461 e. The molecule has 0 amide bonds. The van der Waals surface area contributed by atoms with E-state index in [1.54, 1.807) is 0 Å². The molecule has 3 heteroatoms. The molecule has 16 heavy (non-hydrogen) atoms. The molecular formula is C13H13BrO2. The molecule has 0 spiro atoms. The maximum Gasteiger partial charge on any atom is 0.302 e. The number of carbonyl (C=O) groups excluding carboxylic acids is 1. The van der Waals surface area contributed by atoms with Crippen LogP contribution >= 0.6 is 15.9 Å². The van der Waals surface area contributed by atoms with Gasteiger partial charge in [0, 0.05) is 11.4 Å². The number of hydrogen-bond acceptors (Lipinski definition) is 2. The second-order valence-corrected chi connectivity index (χ2v) is 4.24. The Labute approximate surface area is 104 Å². The van der Waals surface area contributed by atoms with Crippen molar-refractivity contribution in [3.8, 4) is 0 Å². The van der Waals surface area contributed by atoms with Gasteiger partial charge in [-0.25, -0.2) is 0 Å². The topological polar surface area (TPSA) is 26.3 Å². The van der Waals surface area contributed by atoms with E-state index in [0.29, 0.717) is 0 Å². The van der Waals surface area contributed by atoms with Gasteiger partial charge in [-0.15, -0.1) is 0 Å². The summed E-state index contributed by atoms with van der Waals surface area (Å²) >= 11 is 3.37. The Morgan fingerprint density at radius 1 is 1.44 bits per heavy atom. The third-order valence-corrected chi connectivity index (χ3v) is 2.37. The SMILES string of the molecule is C=C(/C=C/c1ccc(Br)cc1)COC(C)=O. The van der Waals surface area contributed by atoms with Crippen LogP contribution in [0, 0.1) is 0 Å². The minimum atomic E-state index is -0.293. The molecule has 0 fully saturated rings. The Morgan fingerprint density at radius 3 is 2.62 bits per heavy atom. The molecule has 1 rings (SSSR count). The van der Waals surface area contributed by atoms with Crippen molar-refractivity contribution in [2.24, 2.45) is 0 Å². The van der Waals surface area contributed by atoms with E-state index in [4.69, 9.17) is 4.74 Å². The van der Waals surface area contributed by atoms with Gasteiger partial charge in [-0.2, -0.15) is 0 Å². The van der Waals surface area contributed by atoms with Crippen LogP contribution in [0.25, 0.3) is 6.08 Å². The standard InChI is InChI=1S/C13H13BrO2/c1-10(9-16-11(2)15)3-4-12-5-7-13(14)8-6-12/h3-8H,1,9H2,2H3/b4-3+. The number of rotatable bonds is 4. The summed E-state index contributed by atoms with van der Waals surface area (Å²) in [6.45, 7) is 5.41. The first-order valence-corrected chi connectivity index (χ1v) is 5.62. The highest BCUT2D eigenvalue weighted by Crippen LogP contribution is 2.12. The Hall–Kier alpha value is -1.35. The molecule has 0 aliphatic rings. The number of benzene rings is 1. The van der Waals surface area contributed by atoms with Crippen LogP contribution in [0.3, 0.4) is 0 Å². The molecule has 0 aliphatic carbocycles. The first kappa shape index (κ1) is 12.7. The fourth-order valence-corrected chi connectivity index (χ4v) is 1.29. The van der Waals surface area contributed by atoms with E-state index >= 15 is 0 Å². The molecule has 0 bridgehead atoms. The van der Waals surface area contributed by atoms with E-state index < -0.39 is 0 Å². The lowest BCUT2D eigenvalue weighted by molar-refractivity contribution is -0.139. The van der Waals surface area contributed by atoms with Gasteiger partial charge in [0.2, 0.25) is 0 Å². The zero-order chi connectivity index (χ0) is 12.0. The fraction of sp³-hybridized carbons (Fsp3) is 0.154. The molecule has 0 atom stereocenters. The lowest BCUT2D eigenvalue weighted by Gasteiger charge is -2.00. The van der Waals surface area contributed by atoms with E-state index in [-0.39, 0.29) is 12.6 Å². The van der Waals surface area contributed by atoms with Gasteiger partial charge in [0.15, 0.2) is 0 Å². The second-order valence-electron chi connectivity index (χ2n) is 3.32. The van der Waals surface area contributed by atoms with Crippen molar-refractivity contribution in [2.75, 3.05) is 6.61 Å². The van der Waals surface area contributed by atoms with Gasteiger partial charge < -0.3 is 4.74 Å². The summed E-state index contributed by atoms with van der Waals surface area (Å²) < 4.78 is 5.86. The minimum absolute atomic E-state index is 0.238. The summed E-state index contributed by atoms with van der Waals surface area (Å²) in [6.07, 6.45) is 3.77. The average molecular weight is 281 g/mol. The third-order valence-electron chi connectivity index (χ3n) is 1.84. The summed E-state index contributed by atoms with van der Waals surface area (Å²) in [5.74, 6) is -0.293. The first-order chi connectivity index (χ1) is 7.58. The number of halogens is 1. The van der Waals surface area contributed by atoms with Crippen molar-refractivity contribution < 1.29 is 9.53 Å². The van der Waals surface area contributed by atoms with Gasteiger partial charge in [0.1, 0.15) is 6.61 Å². The summed E-state index contributed by atoms with van der Waals surface area (Å²) in [7, 11) is 0. The smallest absolute Gasteiger partial charge is 0.302 e.